The third kappa shape index (κ3) is 5.10. The quantitative estimate of drug-likeness (QED) is 0.411. The summed E-state index contributed by atoms with van der Waals surface area (Å²) in [6.45, 7) is 8.61. The standard InChI is InChI=1S/C32H36N2O2/c1-3-34(4-2)31(35)27-16-14-26(15-17-27)29-24-32(36-30-13-9-8-12-28(29)30)19-22-33(23-20-32)21-18-25-10-6-5-7-11-25/h5-17,24H,3-4,18-23H2,1-2H3. The predicted octanol–water partition coefficient (Wildman–Crippen LogP) is 6.07. The van der Waals surface area contributed by atoms with Crippen LogP contribution < -0.4 is 4.74 Å². The lowest BCUT2D eigenvalue weighted by molar-refractivity contribution is 0.0387. The van der Waals surface area contributed by atoms with Gasteiger partial charge in [-0.2, -0.15) is 0 Å². The van der Waals surface area contributed by atoms with Gasteiger partial charge in [-0.05, 0) is 61.2 Å². The minimum absolute atomic E-state index is 0.0900. The van der Waals surface area contributed by atoms with Crippen LogP contribution in [0.2, 0.25) is 0 Å². The van der Waals surface area contributed by atoms with Crippen molar-refractivity contribution in [3.8, 4) is 5.75 Å². The maximum atomic E-state index is 12.8. The third-order valence-corrected chi connectivity index (χ3v) is 7.65. The lowest BCUT2D eigenvalue weighted by Crippen LogP contribution is -2.48. The third-order valence-electron chi connectivity index (χ3n) is 7.65. The number of nitrogens with zero attached hydrogens (tertiary/aromatic N) is 2. The predicted molar refractivity (Wildman–Crippen MR) is 146 cm³/mol. The number of benzene rings is 3. The second-order valence-electron chi connectivity index (χ2n) is 9.85. The number of para-hydroxylation sites is 1. The lowest BCUT2D eigenvalue weighted by atomic mass is 9.82. The van der Waals surface area contributed by atoms with Gasteiger partial charge in [-0.3, -0.25) is 4.79 Å². The van der Waals surface area contributed by atoms with E-state index in [1.165, 1.54) is 11.1 Å². The van der Waals surface area contributed by atoms with Crippen LogP contribution in [0.5, 0.6) is 5.75 Å². The van der Waals surface area contributed by atoms with Gasteiger partial charge in [-0.1, -0.05) is 60.7 Å². The molecule has 0 saturated carbocycles. The van der Waals surface area contributed by atoms with Gasteiger partial charge in [0.25, 0.3) is 5.91 Å². The zero-order valence-electron chi connectivity index (χ0n) is 21.5. The molecular weight excluding hydrogens is 444 g/mol. The molecule has 2 heterocycles. The van der Waals surface area contributed by atoms with Crippen LogP contribution in [0.4, 0.5) is 0 Å². The van der Waals surface area contributed by atoms with Gasteiger partial charge in [-0.15, -0.1) is 0 Å². The molecule has 0 aliphatic carbocycles. The lowest BCUT2D eigenvalue weighted by Gasteiger charge is -2.43. The van der Waals surface area contributed by atoms with E-state index in [2.05, 4.69) is 77.7 Å². The minimum Gasteiger partial charge on any atom is -0.482 e. The summed E-state index contributed by atoms with van der Waals surface area (Å²) in [7, 11) is 0. The van der Waals surface area contributed by atoms with Gasteiger partial charge in [0.1, 0.15) is 11.4 Å². The molecule has 2 aliphatic rings. The number of amides is 1. The highest BCUT2D eigenvalue weighted by molar-refractivity contribution is 5.95. The van der Waals surface area contributed by atoms with Gasteiger partial charge in [-0.25, -0.2) is 0 Å². The largest absolute Gasteiger partial charge is 0.482 e. The Morgan fingerprint density at radius 1 is 0.889 bits per heavy atom. The molecule has 3 aromatic rings. The first-order valence-electron chi connectivity index (χ1n) is 13.3. The van der Waals surface area contributed by atoms with Crippen molar-refractivity contribution in [2.45, 2.75) is 38.7 Å². The van der Waals surface area contributed by atoms with Gasteiger partial charge in [0.2, 0.25) is 0 Å². The van der Waals surface area contributed by atoms with E-state index < -0.39 is 0 Å². The maximum absolute atomic E-state index is 12.8. The fourth-order valence-electron chi connectivity index (χ4n) is 5.43. The smallest absolute Gasteiger partial charge is 0.253 e. The summed E-state index contributed by atoms with van der Waals surface area (Å²) >= 11 is 0. The van der Waals surface area contributed by atoms with E-state index in [-0.39, 0.29) is 11.5 Å². The molecule has 1 saturated heterocycles. The number of rotatable bonds is 7. The number of fused-ring (bicyclic) bond motifs is 1. The Kier molecular flexibility index (Phi) is 7.24. The molecule has 3 aromatic carbocycles. The van der Waals surface area contributed by atoms with Crippen LogP contribution in [0.3, 0.4) is 0 Å². The van der Waals surface area contributed by atoms with Crippen LogP contribution in [0.15, 0.2) is 84.9 Å². The summed E-state index contributed by atoms with van der Waals surface area (Å²) < 4.78 is 6.68. The Hall–Kier alpha value is -3.37. The molecule has 2 aliphatic heterocycles. The summed E-state index contributed by atoms with van der Waals surface area (Å²) in [5, 5.41) is 0. The molecule has 186 valence electrons. The molecular formula is C32H36N2O2. The fraction of sp³-hybridized carbons (Fsp3) is 0.344. The van der Waals surface area contributed by atoms with Crippen LogP contribution in [0.25, 0.3) is 5.57 Å². The Labute approximate surface area is 215 Å². The molecule has 0 N–H and O–H groups in total. The Balaban J connectivity index is 1.35. The van der Waals surface area contributed by atoms with E-state index in [9.17, 15) is 4.79 Å². The summed E-state index contributed by atoms with van der Waals surface area (Å²) in [5.41, 5.74) is 5.31. The molecule has 0 radical (unpaired) electrons. The van der Waals surface area contributed by atoms with Crippen molar-refractivity contribution in [3.05, 3.63) is 107 Å². The molecule has 0 bridgehead atoms. The molecule has 0 aromatic heterocycles. The second-order valence-corrected chi connectivity index (χ2v) is 9.85. The first kappa shape index (κ1) is 24.3. The molecule has 36 heavy (non-hydrogen) atoms. The van der Waals surface area contributed by atoms with Crippen LogP contribution in [-0.2, 0) is 6.42 Å². The van der Waals surface area contributed by atoms with Gasteiger partial charge in [0.05, 0.1) is 0 Å². The number of carbonyl (C=O) groups excluding carboxylic acids is 1. The van der Waals surface area contributed by atoms with E-state index in [0.29, 0.717) is 0 Å². The highest BCUT2D eigenvalue weighted by atomic mass is 16.5. The average molecular weight is 481 g/mol. The van der Waals surface area contributed by atoms with Crippen molar-refractivity contribution in [2.75, 3.05) is 32.7 Å². The highest BCUT2D eigenvalue weighted by Gasteiger charge is 2.38. The van der Waals surface area contributed by atoms with E-state index in [1.54, 1.807) is 0 Å². The van der Waals surface area contributed by atoms with Crippen LogP contribution in [0, 0.1) is 0 Å². The normalized spacial score (nSPS) is 16.7. The van der Waals surface area contributed by atoms with Crippen LogP contribution in [0.1, 0.15) is 53.7 Å². The monoisotopic (exact) mass is 480 g/mol. The molecule has 0 unspecified atom stereocenters. The Morgan fingerprint density at radius 2 is 1.56 bits per heavy atom. The molecule has 4 heteroatoms. The Bertz CT molecular complexity index is 1200. The maximum Gasteiger partial charge on any atom is 0.253 e. The minimum atomic E-state index is -0.289. The van der Waals surface area contributed by atoms with Gasteiger partial charge >= 0.3 is 0 Å². The zero-order chi connectivity index (χ0) is 25.0. The summed E-state index contributed by atoms with van der Waals surface area (Å²) in [5.74, 6) is 1.04. The van der Waals surface area contributed by atoms with E-state index >= 15 is 0 Å². The highest BCUT2D eigenvalue weighted by Crippen LogP contribution is 2.43. The van der Waals surface area contributed by atoms with Crippen molar-refractivity contribution in [2.24, 2.45) is 0 Å². The molecule has 5 rings (SSSR count). The number of hydrogen-bond acceptors (Lipinski definition) is 3. The molecule has 1 fully saturated rings. The number of likely N-dealkylation sites (tertiary alicyclic amines) is 1. The van der Waals surface area contributed by atoms with Crippen molar-refractivity contribution < 1.29 is 9.53 Å². The van der Waals surface area contributed by atoms with Gasteiger partial charge < -0.3 is 14.5 Å². The molecule has 4 nitrogen and oxygen atoms in total. The second kappa shape index (κ2) is 10.7. The van der Waals surface area contributed by atoms with Gasteiger partial charge in [0.15, 0.2) is 0 Å². The first-order valence-corrected chi connectivity index (χ1v) is 13.3. The average Bonchev–Trinajstić information content (AvgIpc) is 2.93. The van der Waals surface area contributed by atoms with Crippen molar-refractivity contribution >= 4 is 11.5 Å². The molecule has 0 atom stereocenters. The number of piperidine rings is 1. The molecule has 1 spiro atoms. The molecule has 1 amide bonds. The summed E-state index contributed by atoms with van der Waals surface area (Å²) in [4.78, 5) is 17.2. The van der Waals surface area contributed by atoms with Crippen LogP contribution in [-0.4, -0.2) is 54.0 Å². The summed E-state index contributed by atoms with van der Waals surface area (Å²) in [6.07, 6.45) is 5.37. The summed E-state index contributed by atoms with van der Waals surface area (Å²) in [6, 6.07) is 27.2. The van der Waals surface area contributed by atoms with E-state index in [1.807, 2.05) is 30.9 Å². The fourth-order valence-corrected chi connectivity index (χ4v) is 5.43. The van der Waals surface area contributed by atoms with Crippen molar-refractivity contribution in [3.63, 3.8) is 0 Å². The van der Waals surface area contributed by atoms with E-state index in [0.717, 1.165) is 74.4 Å². The van der Waals surface area contributed by atoms with E-state index in [4.69, 9.17) is 4.74 Å². The first-order chi connectivity index (χ1) is 17.6. The Morgan fingerprint density at radius 3 is 2.25 bits per heavy atom. The zero-order valence-corrected chi connectivity index (χ0v) is 21.5. The number of hydrogen-bond donors (Lipinski definition) is 0. The SMILES string of the molecule is CCN(CC)C(=O)c1ccc(C2=CC3(CCN(CCc4ccccc4)CC3)Oc3ccccc32)cc1. The van der Waals surface area contributed by atoms with Gasteiger partial charge in [0, 0.05) is 56.7 Å². The number of carbonyl (C=O) groups is 1. The topological polar surface area (TPSA) is 32.8 Å². The van der Waals surface area contributed by atoms with Crippen molar-refractivity contribution in [1.29, 1.82) is 0 Å². The number of ether oxygens (including phenoxy) is 1. The van der Waals surface area contributed by atoms with Crippen molar-refractivity contribution in [1.82, 2.24) is 9.80 Å². The van der Waals surface area contributed by atoms with Crippen LogP contribution >= 0.6 is 0 Å².